The van der Waals surface area contributed by atoms with E-state index >= 15 is 0 Å². The number of rotatable bonds is 9. The largest absolute Gasteiger partial charge is 0.491 e. The minimum Gasteiger partial charge on any atom is -0.491 e. The molecule has 0 aromatic heterocycles. The van der Waals surface area contributed by atoms with Gasteiger partial charge in [0.25, 0.3) is 0 Å². The Morgan fingerprint density at radius 1 is 1.00 bits per heavy atom. The van der Waals surface area contributed by atoms with Gasteiger partial charge in [-0.05, 0) is 61.4 Å². The molecule has 0 radical (unpaired) electrons. The van der Waals surface area contributed by atoms with Gasteiger partial charge in [-0.1, -0.05) is 23.2 Å². The number of carboxylic acid groups (broad SMARTS) is 1. The second-order valence-corrected chi connectivity index (χ2v) is 6.52. The highest BCUT2D eigenvalue weighted by Crippen LogP contribution is 2.27. The van der Waals surface area contributed by atoms with E-state index in [-0.39, 0.29) is 12.2 Å². The molecule has 5 nitrogen and oxygen atoms in total. The molecular formula is C21H23ClO5. The summed E-state index contributed by atoms with van der Waals surface area (Å²) in [5.74, 6) is 0.394. The van der Waals surface area contributed by atoms with Crippen molar-refractivity contribution < 1.29 is 24.1 Å². The summed E-state index contributed by atoms with van der Waals surface area (Å²) in [5, 5.41) is 10.1. The maximum atomic E-state index is 11.6. The first-order valence-corrected chi connectivity index (χ1v) is 8.84. The number of methoxy groups -OCH3 is 1. The van der Waals surface area contributed by atoms with Crippen LogP contribution in [-0.2, 0) is 16.1 Å². The molecule has 0 saturated heterocycles. The first-order chi connectivity index (χ1) is 12.9. The van der Waals surface area contributed by atoms with E-state index in [4.69, 9.17) is 25.8 Å². The van der Waals surface area contributed by atoms with Gasteiger partial charge in [0.1, 0.15) is 24.7 Å². The van der Waals surface area contributed by atoms with Crippen LogP contribution in [0.2, 0.25) is 5.02 Å². The third kappa shape index (κ3) is 6.01. The van der Waals surface area contributed by atoms with Crippen LogP contribution in [0.5, 0.6) is 11.5 Å². The Bertz CT molecular complexity index is 808. The quantitative estimate of drug-likeness (QED) is 0.491. The Labute approximate surface area is 164 Å². The third-order valence-electron chi connectivity index (χ3n) is 3.82. The van der Waals surface area contributed by atoms with Gasteiger partial charge in [-0.3, -0.25) is 0 Å². The number of allylic oxidation sites excluding steroid dienone is 1. The van der Waals surface area contributed by atoms with Crippen LogP contribution in [-0.4, -0.2) is 31.4 Å². The smallest absolute Gasteiger partial charge is 0.336 e. The van der Waals surface area contributed by atoms with E-state index in [1.807, 2.05) is 12.1 Å². The fraction of sp³-hybridized carbons (Fsp3) is 0.286. The van der Waals surface area contributed by atoms with Crippen molar-refractivity contribution in [3.05, 3.63) is 64.2 Å². The Morgan fingerprint density at radius 2 is 1.63 bits per heavy atom. The van der Waals surface area contributed by atoms with E-state index in [2.05, 4.69) is 0 Å². The zero-order chi connectivity index (χ0) is 19.8. The van der Waals surface area contributed by atoms with Gasteiger partial charge in [0, 0.05) is 12.1 Å². The van der Waals surface area contributed by atoms with E-state index < -0.39 is 5.97 Å². The number of carboxylic acids is 1. The van der Waals surface area contributed by atoms with Crippen LogP contribution in [0.25, 0.3) is 5.57 Å². The Balaban J connectivity index is 2.15. The number of aliphatic carboxylic acids is 1. The molecule has 2 aromatic carbocycles. The summed E-state index contributed by atoms with van der Waals surface area (Å²) in [6.45, 7) is 4.73. The minimum absolute atomic E-state index is 0.198. The molecule has 0 unspecified atom stereocenters. The van der Waals surface area contributed by atoms with Crippen molar-refractivity contribution in [3.63, 3.8) is 0 Å². The zero-order valence-corrected chi connectivity index (χ0v) is 16.4. The first-order valence-electron chi connectivity index (χ1n) is 8.46. The first kappa shape index (κ1) is 20.8. The molecule has 0 aliphatic heterocycles. The van der Waals surface area contributed by atoms with E-state index in [9.17, 15) is 9.90 Å². The predicted octanol–water partition coefficient (Wildman–Crippen LogP) is 4.82. The number of halogens is 1. The van der Waals surface area contributed by atoms with Crippen molar-refractivity contribution in [1.82, 2.24) is 0 Å². The summed E-state index contributed by atoms with van der Waals surface area (Å²) in [6, 6.07) is 12.3. The van der Waals surface area contributed by atoms with Gasteiger partial charge in [0.05, 0.1) is 12.2 Å². The maximum absolute atomic E-state index is 11.6. The molecule has 144 valence electrons. The number of benzene rings is 2. The topological polar surface area (TPSA) is 65.0 Å². The molecule has 0 bridgehead atoms. The summed E-state index contributed by atoms with van der Waals surface area (Å²) >= 11 is 6.10. The lowest BCUT2D eigenvalue weighted by molar-refractivity contribution is -0.130. The van der Waals surface area contributed by atoms with Crippen LogP contribution in [0.15, 0.2) is 48.0 Å². The van der Waals surface area contributed by atoms with Crippen molar-refractivity contribution in [3.8, 4) is 11.5 Å². The molecule has 0 aliphatic rings. The summed E-state index contributed by atoms with van der Waals surface area (Å²) in [6.07, 6.45) is 0. The van der Waals surface area contributed by atoms with Gasteiger partial charge in [0.2, 0.25) is 0 Å². The summed E-state index contributed by atoms with van der Waals surface area (Å²) in [5.41, 5.74) is 2.28. The lowest BCUT2D eigenvalue weighted by Gasteiger charge is -2.14. The second-order valence-electron chi connectivity index (χ2n) is 6.08. The van der Waals surface area contributed by atoms with Crippen LogP contribution < -0.4 is 9.47 Å². The van der Waals surface area contributed by atoms with Crippen molar-refractivity contribution in [2.24, 2.45) is 0 Å². The lowest BCUT2D eigenvalue weighted by atomic mass is 9.97. The molecule has 0 saturated carbocycles. The molecule has 0 heterocycles. The molecule has 2 rings (SSSR count). The van der Waals surface area contributed by atoms with Gasteiger partial charge in [-0.2, -0.15) is 0 Å². The zero-order valence-electron chi connectivity index (χ0n) is 15.6. The fourth-order valence-electron chi connectivity index (χ4n) is 2.56. The Morgan fingerprint density at radius 3 is 2.19 bits per heavy atom. The number of hydrogen-bond donors (Lipinski definition) is 1. The number of hydrogen-bond acceptors (Lipinski definition) is 4. The van der Waals surface area contributed by atoms with Crippen molar-refractivity contribution in [1.29, 1.82) is 0 Å². The monoisotopic (exact) mass is 390 g/mol. The normalized spacial score (nSPS) is 10.4. The molecule has 0 atom stereocenters. The molecule has 6 heteroatoms. The van der Waals surface area contributed by atoms with Gasteiger partial charge < -0.3 is 19.3 Å². The minimum atomic E-state index is -0.976. The third-order valence-corrected chi connectivity index (χ3v) is 4.06. The van der Waals surface area contributed by atoms with Crippen molar-refractivity contribution in [2.75, 3.05) is 20.3 Å². The maximum Gasteiger partial charge on any atom is 0.336 e. The van der Waals surface area contributed by atoms with E-state index in [1.54, 1.807) is 51.3 Å². The molecule has 27 heavy (non-hydrogen) atoms. The summed E-state index contributed by atoms with van der Waals surface area (Å²) in [4.78, 5) is 11.6. The molecule has 2 aromatic rings. The lowest BCUT2D eigenvalue weighted by Crippen LogP contribution is -2.07. The Kier molecular flexibility index (Phi) is 7.70. The molecule has 0 spiro atoms. The molecule has 0 amide bonds. The SMILES string of the molecule is COCCOc1ccc(OCc2cc(Cl)ccc2C(C(=O)O)=C(C)C)cc1. The van der Waals surface area contributed by atoms with Gasteiger partial charge >= 0.3 is 5.97 Å². The van der Waals surface area contributed by atoms with Crippen LogP contribution in [0.4, 0.5) is 0 Å². The Hall–Kier alpha value is -2.50. The molecule has 0 aliphatic carbocycles. The van der Waals surface area contributed by atoms with Crippen molar-refractivity contribution in [2.45, 2.75) is 20.5 Å². The van der Waals surface area contributed by atoms with E-state index in [0.717, 1.165) is 5.75 Å². The van der Waals surface area contributed by atoms with Crippen LogP contribution >= 0.6 is 11.6 Å². The highest BCUT2D eigenvalue weighted by molar-refractivity contribution is 6.30. The van der Waals surface area contributed by atoms with Gasteiger partial charge in [0.15, 0.2) is 0 Å². The average molecular weight is 391 g/mol. The molecular weight excluding hydrogens is 368 g/mol. The second kappa shape index (κ2) is 10.00. The predicted molar refractivity (Wildman–Crippen MR) is 106 cm³/mol. The van der Waals surface area contributed by atoms with Crippen molar-refractivity contribution >= 4 is 23.1 Å². The molecule has 0 fully saturated rings. The number of ether oxygens (including phenoxy) is 3. The summed E-state index contributed by atoms with van der Waals surface area (Å²) in [7, 11) is 1.62. The van der Waals surface area contributed by atoms with E-state index in [1.165, 1.54) is 0 Å². The number of carbonyl (C=O) groups is 1. The highest BCUT2D eigenvalue weighted by Gasteiger charge is 2.17. The highest BCUT2D eigenvalue weighted by atomic mass is 35.5. The fourth-order valence-corrected chi connectivity index (χ4v) is 2.75. The van der Waals surface area contributed by atoms with Gasteiger partial charge in [-0.25, -0.2) is 4.79 Å². The van der Waals surface area contributed by atoms with E-state index in [0.29, 0.717) is 40.7 Å². The van der Waals surface area contributed by atoms with Gasteiger partial charge in [-0.15, -0.1) is 0 Å². The molecule has 1 N–H and O–H groups in total. The van der Waals surface area contributed by atoms with Crippen LogP contribution in [0.1, 0.15) is 25.0 Å². The standard InChI is InChI=1S/C21H23ClO5/c1-14(2)20(21(23)24)19-9-4-16(22)12-15(19)13-27-18-7-5-17(6-8-18)26-11-10-25-3/h4-9,12H,10-11,13H2,1-3H3,(H,23,24). The van der Waals surface area contributed by atoms with Crippen LogP contribution in [0.3, 0.4) is 0 Å². The summed E-state index contributed by atoms with van der Waals surface area (Å²) < 4.78 is 16.3. The van der Waals surface area contributed by atoms with Crippen LogP contribution in [0, 0.1) is 0 Å². The average Bonchev–Trinajstić information content (AvgIpc) is 2.62.